The molecule has 1 amide bonds. The van der Waals surface area contributed by atoms with Gasteiger partial charge in [-0.3, -0.25) is 15.0 Å². The van der Waals surface area contributed by atoms with Gasteiger partial charge in [-0.05, 0) is 17.7 Å². The Morgan fingerprint density at radius 2 is 2.00 bits per heavy atom. The molecule has 1 aliphatic heterocycles. The number of nitro groups is 1. The quantitative estimate of drug-likeness (QED) is 0.619. The number of β-amino-alcohol motifs (C(OH)–C–C–N with tert-alkyl or cyclic N) is 1. The fourth-order valence-corrected chi connectivity index (χ4v) is 2.19. The van der Waals surface area contributed by atoms with Gasteiger partial charge in [0.15, 0.2) is 0 Å². The zero-order chi connectivity index (χ0) is 16.3. The Morgan fingerprint density at radius 3 is 2.55 bits per heavy atom. The van der Waals surface area contributed by atoms with Gasteiger partial charge in [0.25, 0.3) is 5.69 Å². The van der Waals surface area contributed by atoms with Crippen LogP contribution in [0, 0.1) is 10.1 Å². The van der Waals surface area contributed by atoms with E-state index < -0.39 is 29.1 Å². The summed E-state index contributed by atoms with van der Waals surface area (Å²) in [6.07, 6.45) is -1.78. The zero-order valence-corrected chi connectivity index (χ0v) is 11.4. The highest BCUT2D eigenvalue weighted by Crippen LogP contribution is 2.20. The maximum atomic E-state index is 11.9. The zero-order valence-electron chi connectivity index (χ0n) is 11.4. The fraction of sp³-hybridized carbons (Fsp3) is 0.385. The fourth-order valence-electron chi connectivity index (χ4n) is 2.19. The van der Waals surface area contributed by atoms with Crippen LogP contribution in [0.15, 0.2) is 24.3 Å². The first-order valence-corrected chi connectivity index (χ1v) is 6.46. The van der Waals surface area contributed by atoms with Gasteiger partial charge >= 0.3 is 12.1 Å². The van der Waals surface area contributed by atoms with Crippen molar-refractivity contribution in [2.24, 2.45) is 0 Å². The molecule has 1 saturated heterocycles. The van der Waals surface area contributed by atoms with Crippen molar-refractivity contribution in [1.82, 2.24) is 4.90 Å². The van der Waals surface area contributed by atoms with Gasteiger partial charge in [0, 0.05) is 18.6 Å². The summed E-state index contributed by atoms with van der Waals surface area (Å²) in [6.45, 7) is -0.244. The molecule has 1 aromatic carbocycles. The minimum absolute atomic E-state index is 0.0397. The van der Waals surface area contributed by atoms with Crippen LogP contribution in [0.4, 0.5) is 10.5 Å². The highest BCUT2D eigenvalue weighted by molar-refractivity contribution is 5.80. The summed E-state index contributed by atoms with van der Waals surface area (Å²) in [5.41, 5.74) is 0.453. The molecular weight excluding hydrogens is 296 g/mol. The maximum Gasteiger partial charge on any atom is 0.410 e. The first kappa shape index (κ1) is 15.7. The van der Waals surface area contributed by atoms with E-state index in [2.05, 4.69) is 0 Å². The van der Waals surface area contributed by atoms with Crippen LogP contribution in [-0.2, 0) is 16.1 Å². The molecule has 0 bridgehead atoms. The van der Waals surface area contributed by atoms with E-state index in [0.29, 0.717) is 5.56 Å². The molecule has 0 saturated carbocycles. The molecule has 0 radical (unpaired) electrons. The smallest absolute Gasteiger partial charge is 0.410 e. The number of rotatable bonds is 4. The molecule has 0 aliphatic carbocycles. The second-order valence-corrected chi connectivity index (χ2v) is 4.87. The van der Waals surface area contributed by atoms with Gasteiger partial charge in [0.2, 0.25) is 0 Å². The maximum absolute atomic E-state index is 11.9. The Labute approximate surface area is 124 Å². The number of aliphatic hydroxyl groups is 1. The summed E-state index contributed by atoms with van der Waals surface area (Å²) in [6, 6.07) is 4.34. The minimum Gasteiger partial charge on any atom is -0.480 e. The van der Waals surface area contributed by atoms with Gasteiger partial charge < -0.3 is 14.9 Å². The van der Waals surface area contributed by atoms with Gasteiger partial charge in [-0.25, -0.2) is 9.59 Å². The van der Waals surface area contributed by atoms with Crippen LogP contribution in [-0.4, -0.2) is 50.8 Å². The van der Waals surface area contributed by atoms with Crippen LogP contribution in [0.1, 0.15) is 12.0 Å². The van der Waals surface area contributed by atoms with Gasteiger partial charge in [-0.1, -0.05) is 0 Å². The van der Waals surface area contributed by atoms with E-state index in [1.54, 1.807) is 0 Å². The number of likely N-dealkylation sites (tertiary alicyclic amines) is 1. The van der Waals surface area contributed by atoms with Crippen LogP contribution >= 0.6 is 0 Å². The lowest BCUT2D eigenvalue weighted by molar-refractivity contribution is -0.384. The largest absolute Gasteiger partial charge is 0.480 e. The van der Waals surface area contributed by atoms with Crippen molar-refractivity contribution in [3.63, 3.8) is 0 Å². The number of carboxylic acids is 1. The first-order chi connectivity index (χ1) is 10.4. The Kier molecular flexibility index (Phi) is 4.56. The predicted molar refractivity (Wildman–Crippen MR) is 72.0 cm³/mol. The number of aliphatic carboxylic acids is 1. The molecule has 9 heteroatoms. The lowest BCUT2D eigenvalue weighted by atomic mass is 10.2. The summed E-state index contributed by atoms with van der Waals surface area (Å²) in [5.74, 6) is -1.20. The molecule has 1 fully saturated rings. The van der Waals surface area contributed by atoms with Crippen LogP contribution in [0.2, 0.25) is 0 Å². The number of aliphatic hydroxyl groups excluding tert-OH is 1. The van der Waals surface area contributed by atoms with Crippen molar-refractivity contribution in [3.8, 4) is 0 Å². The number of carboxylic acid groups (broad SMARTS) is 1. The molecule has 1 aliphatic rings. The van der Waals surface area contributed by atoms with E-state index in [0.717, 1.165) is 4.90 Å². The summed E-state index contributed by atoms with van der Waals surface area (Å²) in [7, 11) is 0. The lowest BCUT2D eigenvalue weighted by Crippen LogP contribution is -2.40. The average molecular weight is 310 g/mol. The van der Waals surface area contributed by atoms with Crippen LogP contribution < -0.4 is 0 Å². The molecule has 2 rings (SSSR count). The topological polar surface area (TPSA) is 130 Å². The molecule has 0 aromatic heterocycles. The number of nitro benzene ring substituents is 1. The number of carbonyl (C=O) groups is 2. The number of nitrogens with zero attached hydrogens (tertiary/aromatic N) is 2. The Bertz CT molecular complexity index is 587. The second kappa shape index (κ2) is 6.39. The molecule has 2 atom stereocenters. The second-order valence-electron chi connectivity index (χ2n) is 4.87. The van der Waals surface area contributed by atoms with E-state index in [1.807, 2.05) is 0 Å². The van der Waals surface area contributed by atoms with Gasteiger partial charge in [0.1, 0.15) is 12.6 Å². The summed E-state index contributed by atoms with van der Waals surface area (Å²) in [4.78, 5) is 33.8. The number of hydrogen-bond acceptors (Lipinski definition) is 6. The standard InChI is InChI=1S/C13H14N2O7/c16-10-5-11(12(17)18)14(6-10)13(19)22-7-8-1-3-9(4-2-8)15(20)21/h1-4,10-11,16H,5-7H2,(H,17,18). The van der Waals surface area contributed by atoms with E-state index in [-0.39, 0.29) is 25.3 Å². The van der Waals surface area contributed by atoms with Crippen molar-refractivity contribution in [2.75, 3.05) is 6.54 Å². The Hall–Kier alpha value is -2.68. The third-order valence-electron chi connectivity index (χ3n) is 3.31. The molecule has 0 spiro atoms. The van der Waals surface area contributed by atoms with E-state index in [9.17, 15) is 24.8 Å². The lowest BCUT2D eigenvalue weighted by Gasteiger charge is -2.20. The number of hydrogen-bond donors (Lipinski definition) is 2. The van der Waals surface area contributed by atoms with Crippen molar-refractivity contribution in [1.29, 1.82) is 0 Å². The minimum atomic E-state index is -1.20. The summed E-state index contributed by atoms with van der Waals surface area (Å²) < 4.78 is 4.98. The van der Waals surface area contributed by atoms with Gasteiger partial charge in [0.05, 0.1) is 17.6 Å². The van der Waals surface area contributed by atoms with Crippen molar-refractivity contribution < 1.29 is 29.5 Å². The van der Waals surface area contributed by atoms with E-state index >= 15 is 0 Å². The molecule has 22 heavy (non-hydrogen) atoms. The van der Waals surface area contributed by atoms with Crippen molar-refractivity contribution in [2.45, 2.75) is 25.2 Å². The van der Waals surface area contributed by atoms with E-state index in [1.165, 1.54) is 24.3 Å². The molecule has 1 heterocycles. The SMILES string of the molecule is O=C(O)C1CC(O)CN1C(=O)OCc1ccc([N+](=O)[O-])cc1. The van der Waals surface area contributed by atoms with Crippen molar-refractivity contribution >= 4 is 17.7 Å². The average Bonchev–Trinajstić information content (AvgIpc) is 2.87. The molecule has 1 aromatic rings. The Balaban J connectivity index is 1.94. The summed E-state index contributed by atoms with van der Waals surface area (Å²) in [5, 5.41) is 29.0. The molecule has 2 N–H and O–H groups in total. The number of benzene rings is 1. The van der Waals surface area contributed by atoms with Crippen molar-refractivity contribution in [3.05, 3.63) is 39.9 Å². The molecule has 118 valence electrons. The van der Waals surface area contributed by atoms with Crippen LogP contribution in [0.25, 0.3) is 0 Å². The Morgan fingerprint density at radius 1 is 1.36 bits per heavy atom. The molecule has 2 unspecified atom stereocenters. The van der Waals surface area contributed by atoms with Gasteiger partial charge in [-0.2, -0.15) is 0 Å². The number of amides is 1. The van der Waals surface area contributed by atoms with Gasteiger partial charge in [-0.15, -0.1) is 0 Å². The predicted octanol–water partition coefficient (Wildman–Crippen LogP) is 0.751. The summed E-state index contributed by atoms with van der Waals surface area (Å²) >= 11 is 0. The third kappa shape index (κ3) is 3.50. The monoisotopic (exact) mass is 310 g/mol. The number of ether oxygens (including phenoxy) is 1. The highest BCUT2D eigenvalue weighted by Gasteiger charge is 2.39. The molecule has 9 nitrogen and oxygen atoms in total. The first-order valence-electron chi connectivity index (χ1n) is 6.46. The normalized spacial score (nSPS) is 20.7. The highest BCUT2D eigenvalue weighted by atomic mass is 16.6. The van der Waals surface area contributed by atoms with E-state index in [4.69, 9.17) is 9.84 Å². The van der Waals surface area contributed by atoms with Crippen LogP contribution in [0.5, 0.6) is 0 Å². The number of carbonyl (C=O) groups excluding carboxylic acids is 1. The number of non-ortho nitro benzene ring substituents is 1. The van der Waals surface area contributed by atoms with Crippen LogP contribution in [0.3, 0.4) is 0 Å². The molecular formula is C13H14N2O7. The third-order valence-corrected chi connectivity index (χ3v) is 3.31.